The normalized spacial score (nSPS) is 12.1. The first kappa shape index (κ1) is 23.7. The van der Waals surface area contributed by atoms with Crippen LogP contribution < -0.4 is 15.4 Å². The number of aryl methyl sites for hydroxylation is 1. The molecule has 0 saturated heterocycles. The van der Waals surface area contributed by atoms with Crippen molar-refractivity contribution in [3.63, 3.8) is 0 Å². The van der Waals surface area contributed by atoms with E-state index < -0.39 is 0 Å². The average Bonchev–Trinajstić information content (AvgIpc) is 3.04. The predicted molar refractivity (Wildman–Crippen MR) is 122 cm³/mol. The first-order chi connectivity index (χ1) is 14.3. The molecule has 2 aromatic rings. The highest BCUT2D eigenvalue weighted by Gasteiger charge is 2.13. The number of hydrogen-bond acceptors (Lipinski definition) is 5. The van der Waals surface area contributed by atoms with Gasteiger partial charge in [0.05, 0.1) is 20.2 Å². The number of guanidine groups is 1. The van der Waals surface area contributed by atoms with Crippen molar-refractivity contribution < 1.29 is 4.74 Å². The summed E-state index contributed by atoms with van der Waals surface area (Å²) >= 11 is 0. The molecule has 8 nitrogen and oxygen atoms in total. The van der Waals surface area contributed by atoms with Crippen LogP contribution in [-0.2, 0) is 20.1 Å². The van der Waals surface area contributed by atoms with Crippen LogP contribution in [0.1, 0.15) is 44.9 Å². The number of benzene rings is 1. The second kappa shape index (κ2) is 11.5. The van der Waals surface area contributed by atoms with Gasteiger partial charge in [-0.15, -0.1) is 10.2 Å². The third-order valence-corrected chi connectivity index (χ3v) is 5.16. The Morgan fingerprint density at radius 1 is 1.10 bits per heavy atom. The Bertz CT molecular complexity index is 788. The van der Waals surface area contributed by atoms with Crippen molar-refractivity contribution >= 4 is 5.96 Å². The highest BCUT2D eigenvalue weighted by atomic mass is 16.5. The summed E-state index contributed by atoms with van der Waals surface area (Å²) in [6.45, 7) is 13.8. The van der Waals surface area contributed by atoms with Crippen molar-refractivity contribution in [1.82, 2.24) is 30.3 Å². The summed E-state index contributed by atoms with van der Waals surface area (Å²) in [7, 11) is 3.64. The number of aliphatic imine (C=N–C) groups is 1. The third kappa shape index (κ3) is 7.02. The van der Waals surface area contributed by atoms with Gasteiger partial charge in [0.1, 0.15) is 11.6 Å². The second-order valence-electron chi connectivity index (χ2n) is 7.94. The Labute approximate surface area is 180 Å². The molecule has 0 unspecified atom stereocenters. The van der Waals surface area contributed by atoms with E-state index in [-0.39, 0.29) is 0 Å². The van der Waals surface area contributed by atoms with E-state index in [4.69, 9.17) is 9.73 Å². The number of nitrogens with zero attached hydrogens (tertiary/aromatic N) is 5. The van der Waals surface area contributed by atoms with Gasteiger partial charge in [-0.25, -0.2) is 4.99 Å². The maximum absolute atomic E-state index is 5.23. The smallest absolute Gasteiger partial charge is 0.192 e. The first-order valence-corrected chi connectivity index (χ1v) is 10.6. The minimum Gasteiger partial charge on any atom is -0.497 e. The van der Waals surface area contributed by atoms with Crippen molar-refractivity contribution in [3.05, 3.63) is 41.5 Å². The van der Waals surface area contributed by atoms with E-state index in [1.54, 1.807) is 7.11 Å². The summed E-state index contributed by atoms with van der Waals surface area (Å²) in [5.74, 6) is 3.37. The fourth-order valence-corrected chi connectivity index (χ4v) is 3.26. The van der Waals surface area contributed by atoms with Crippen LogP contribution in [0.2, 0.25) is 0 Å². The molecule has 0 radical (unpaired) electrons. The standard InChI is InChI=1S/C22H37N7O/c1-16(2)29(17(3)4)13-12-23-22(25-15-21-27-26-18(5)28(21)6)24-14-19-8-10-20(30-7)11-9-19/h8-11,16-17H,12-15H2,1-7H3,(H2,23,24,25). The molecular formula is C22H37N7O. The molecule has 2 rings (SSSR count). The lowest BCUT2D eigenvalue weighted by Gasteiger charge is -2.30. The Morgan fingerprint density at radius 2 is 1.77 bits per heavy atom. The molecule has 0 fully saturated rings. The van der Waals surface area contributed by atoms with Crippen LogP contribution in [0.25, 0.3) is 0 Å². The van der Waals surface area contributed by atoms with Crippen molar-refractivity contribution in [2.45, 2.75) is 59.8 Å². The summed E-state index contributed by atoms with van der Waals surface area (Å²) in [4.78, 5) is 7.22. The van der Waals surface area contributed by atoms with Crippen LogP contribution in [0.5, 0.6) is 5.75 Å². The lowest BCUT2D eigenvalue weighted by atomic mass is 10.2. The topological polar surface area (TPSA) is 79.6 Å². The summed E-state index contributed by atoms with van der Waals surface area (Å²) in [5.41, 5.74) is 1.12. The monoisotopic (exact) mass is 415 g/mol. The van der Waals surface area contributed by atoms with Crippen LogP contribution in [0.4, 0.5) is 0 Å². The molecule has 1 heterocycles. The molecular weight excluding hydrogens is 378 g/mol. The maximum atomic E-state index is 5.23. The van der Waals surface area contributed by atoms with E-state index in [9.17, 15) is 0 Å². The van der Waals surface area contributed by atoms with Crippen LogP contribution in [-0.4, -0.2) is 57.9 Å². The van der Waals surface area contributed by atoms with E-state index in [1.807, 2.05) is 42.8 Å². The SMILES string of the molecule is COc1ccc(CN=C(NCCN(C(C)C)C(C)C)NCc2nnc(C)n2C)cc1. The van der Waals surface area contributed by atoms with Crippen molar-refractivity contribution in [2.24, 2.45) is 12.0 Å². The lowest BCUT2D eigenvalue weighted by molar-refractivity contribution is 0.178. The molecule has 2 N–H and O–H groups in total. The largest absolute Gasteiger partial charge is 0.497 e. The molecule has 8 heteroatoms. The van der Waals surface area contributed by atoms with Gasteiger partial charge in [-0.2, -0.15) is 0 Å². The first-order valence-electron chi connectivity index (χ1n) is 10.6. The molecule has 30 heavy (non-hydrogen) atoms. The second-order valence-corrected chi connectivity index (χ2v) is 7.94. The minimum atomic E-state index is 0.501. The average molecular weight is 416 g/mol. The van der Waals surface area contributed by atoms with E-state index in [0.717, 1.165) is 42.0 Å². The van der Waals surface area contributed by atoms with Crippen molar-refractivity contribution in [3.8, 4) is 5.75 Å². The summed E-state index contributed by atoms with van der Waals surface area (Å²) < 4.78 is 7.21. The van der Waals surface area contributed by atoms with Gasteiger partial charge in [-0.05, 0) is 52.3 Å². The molecule has 1 aromatic heterocycles. The van der Waals surface area contributed by atoms with Crippen LogP contribution in [0, 0.1) is 6.92 Å². The number of aromatic nitrogens is 3. The molecule has 0 saturated carbocycles. The Kier molecular flexibility index (Phi) is 9.11. The van der Waals surface area contributed by atoms with Gasteiger partial charge in [0.2, 0.25) is 0 Å². The highest BCUT2D eigenvalue weighted by molar-refractivity contribution is 5.79. The fraction of sp³-hybridized carbons (Fsp3) is 0.591. The van der Waals surface area contributed by atoms with Gasteiger partial charge in [0.15, 0.2) is 11.8 Å². The number of rotatable bonds is 10. The Hall–Kier alpha value is -2.61. The summed E-state index contributed by atoms with van der Waals surface area (Å²) in [6.07, 6.45) is 0. The predicted octanol–water partition coefficient (Wildman–Crippen LogP) is 2.49. The summed E-state index contributed by atoms with van der Waals surface area (Å²) in [5, 5.41) is 15.2. The number of hydrogen-bond donors (Lipinski definition) is 2. The van der Waals surface area contributed by atoms with Gasteiger partial charge in [0.25, 0.3) is 0 Å². The third-order valence-electron chi connectivity index (χ3n) is 5.16. The van der Waals surface area contributed by atoms with Crippen molar-refractivity contribution in [1.29, 1.82) is 0 Å². The van der Waals surface area contributed by atoms with E-state index in [2.05, 4.69) is 53.4 Å². The molecule has 0 atom stereocenters. The maximum Gasteiger partial charge on any atom is 0.192 e. The molecule has 0 spiro atoms. The Morgan fingerprint density at radius 3 is 2.30 bits per heavy atom. The van der Waals surface area contributed by atoms with Crippen LogP contribution in [0.15, 0.2) is 29.3 Å². The quantitative estimate of drug-likeness (QED) is 0.458. The van der Waals surface area contributed by atoms with Gasteiger partial charge < -0.3 is 19.9 Å². The van der Waals surface area contributed by atoms with Gasteiger partial charge in [-0.3, -0.25) is 4.90 Å². The molecule has 0 aliphatic rings. The van der Waals surface area contributed by atoms with Gasteiger partial charge in [-0.1, -0.05) is 12.1 Å². The summed E-state index contributed by atoms with van der Waals surface area (Å²) in [6, 6.07) is 8.98. The van der Waals surface area contributed by atoms with Gasteiger partial charge >= 0.3 is 0 Å². The molecule has 0 aliphatic heterocycles. The zero-order valence-electron chi connectivity index (χ0n) is 19.4. The number of nitrogens with one attached hydrogen (secondary N) is 2. The highest BCUT2D eigenvalue weighted by Crippen LogP contribution is 2.12. The molecule has 0 bridgehead atoms. The lowest BCUT2D eigenvalue weighted by Crippen LogP contribution is -2.45. The van der Waals surface area contributed by atoms with Gasteiger partial charge in [0, 0.05) is 32.2 Å². The fourth-order valence-electron chi connectivity index (χ4n) is 3.26. The van der Waals surface area contributed by atoms with Crippen molar-refractivity contribution in [2.75, 3.05) is 20.2 Å². The zero-order chi connectivity index (χ0) is 22.1. The zero-order valence-corrected chi connectivity index (χ0v) is 19.4. The molecule has 1 aromatic carbocycles. The van der Waals surface area contributed by atoms with E-state index >= 15 is 0 Å². The van der Waals surface area contributed by atoms with E-state index in [1.165, 1.54) is 0 Å². The van der Waals surface area contributed by atoms with Crippen LogP contribution in [0.3, 0.4) is 0 Å². The Balaban J connectivity index is 2.03. The van der Waals surface area contributed by atoms with E-state index in [0.29, 0.717) is 25.2 Å². The number of ether oxygens (including phenoxy) is 1. The molecule has 0 aliphatic carbocycles. The number of methoxy groups -OCH3 is 1. The van der Waals surface area contributed by atoms with Crippen LogP contribution >= 0.6 is 0 Å². The minimum absolute atomic E-state index is 0.501. The molecule has 166 valence electrons. The molecule has 0 amide bonds.